The lowest BCUT2D eigenvalue weighted by atomic mass is 10.2. The summed E-state index contributed by atoms with van der Waals surface area (Å²) in [6.45, 7) is 5.10. The first-order valence-corrected chi connectivity index (χ1v) is 11.7. The molecule has 0 spiro atoms. The van der Waals surface area contributed by atoms with Crippen LogP contribution in [0.15, 0.2) is 59.5 Å². The predicted octanol–water partition coefficient (Wildman–Crippen LogP) is 3.26. The maximum Gasteiger partial charge on any atom is 0.253 e. The van der Waals surface area contributed by atoms with Crippen molar-refractivity contribution in [3.8, 4) is 0 Å². The van der Waals surface area contributed by atoms with E-state index in [1.807, 2.05) is 4.90 Å². The van der Waals surface area contributed by atoms with Crippen molar-refractivity contribution in [3.05, 3.63) is 65.7 Å². The maximum absolute atomic E-state index is 12.4. The molecule has 164 valence electrons. The maximum atomic E-state index is 12.4. The normalized spacial score (nSPS) is 14.4. The van der Waals surface area contributed by atoms with Crippen LogP contribution in [0.2, 0.25) is 0 Å². The summed E-state index contributed by atoms with van der Waals surface area (Å²) in [5, 5.41) is 2.75. The summed E-state index contributed by atoms with van der Waals surface area (Å²) in [5.74, 6) is -0.305. The van der Waals surface area contributed by atoms with Crippen molar-refractivity contribution in [2.24, 2.45) is 0 Å². The predicted molar refractivity (Wildman–Crippen MR) is 121 cm³/mol. The molecule has 0 aliphatic carbocycles. The third-order valence-corrected chi connectivity index (χ3v) is 6.48. The fourth-order valence-electron chi connectivity index (χ4n) is 3.29. The van der Waals surface area contributed by atoms with Crippen LogP contribution in [0.5, 0.6) is 0 Å². The number of nitrogens with one attached hydrogen (secondary N) is 2. The minimum Gasteiger partial charge on any atom is -0.339 e. The van der Waals surface area contributed by atoms with E-state index in [1.165, 1.54) is 18.2 Å². The first-order chi connectivity index (χ1) is 14.7. The van der Waals surface area contributed by atoms with Crippen LogP contribution in [0.3, 0.4) is 0 Å². The number of anilines is 1. The number of sulfonamides is 1. The van der Waals surface area contributed by atoms with E-state index in [4.69, 9.17) is 0 Å². The molecular formula is C23H27N3O4S. The number of hydrogen-bond acceptors (Lipinski definition) is 4. The zero-order valence-electron chi connectivity index (χ0n) is 17.7. The summed E-state index contributed by atoms with van der Waals surface area (Å²) in [7, 11) is -3.54. The molecule has 1 saturated heterocycles. The fraction of sp³-hybridized carbons (Fsp3) is 0.304. The molecule has 1 aliphatic heterocycles. The number of benzene rings is 2. The molecule has 8 heteroatoms. The number of hydrogen-bond donors (Lipinski definition) is 2. The SMILES string of the molecule is CC(C)NS(=O)(=O)c1ccc(/C=C/C(=O)Nc2ccc(C(=O)N3CCCC3)cc2)cc1. The van der Waals surface area contributed by atoms with Gasteiger partial charge >= 0.3 is 0 Å². The van der Waals surface area contributed by atoms with Crippen molar-refractivity contribution < 1.29 is 18.0 Å². The first-order valence-electron chi connectivity index (χ1n) is 10.3. The second kappa shape index (κ2) is 9.89. The van der Waals surface area contributed by atoms with Gasteiger partial charge in [0, 0.05) is 36.5 Å². The number of rotatable bonds is 7. The van der Waals surface area contributed by atoms with E-state index in [1.54, 1.807) is 56.3 Å². The van der Waals surface area contributed by atoms with Crippen molar-refractivity contribution in [1.82, 2.24) is 9.62 Å². The average molecular weight is 442 g/mol. The molecule has 1 fully saturated rings. The third kappa shape index (κ3) is 6.26. The standard InChI is InChI=1S/C23H27N3O4S/c1-17(2)25-31(29,30)21-12-5-18(6-13-21)7-14-22(27)24-20-10-8-19(9-11-20)23(28)26-15-3-4-16-26/h5-14,17,25H,3-4,15-16H2,1-2H3,(H,24,27)/b14-7+. The Bertz CT molecular complexity index is 1050. The fourth-order valence-corrected chi connectivity index (χ4v) is 4.54. The van der Waals surface area contributed by atoms with Crippen molar-refractivity contribution in [3.63, 3.8) is 0 Å². The van der Waals surface area contributed by atoms with Gasteiger partial charge in [0.25, 0.3) is 5.91 Å². The molecule has 2 aromatic carbocycles. The van der Waals surface area contributed by atoms with E-state index in [2.05, 4.69) is 10.0 Å². The molecule has 7 nitrogen and oxygen atoms in total. The van der Waals surface area contributed by atoms with Crippen LogP contribution >= 0.6 is 0 Å². The Hall–Kier alpha value is -2.97. The summed E-state index contributed by atoms with van der Waals surface area (Å²) in [6.07, 6.45) is 5.06. The zero-order valence-corrected chi connectivity index (χ0v) is 18.5. The zero-order chi connectivity index (χ0) is 22.4. The molecule has 31 heavy (non-hydrogen) atoms. The molecular weight excluding hydrogens is 414 g/mol. The molecule has 2 amide bonds. The highest BCUT2D eigenvalue weighted by atomic mass is 32.2. The van der Waals surface area contributed by atoms with Gasteiger partial charge in [-0.05, 0) is 74.7 Å². The van der Waals surface area contributed by atoms with Crippen LogP contribution in [-0.2, 0) is 14.8 Å². The van der Waals surface area contributed by atoms with Crippen LogP contribution in [0.1, 0.15) is 42.6 Å². The van der Waals surface area contributed by atoms with Crippen molar-refractivity contribution >= 4 is 33.6 Å². The molecule has 2 aromatic rings. The Morgan fingerprint density at radius 2 is 1.58 bits per heavy atom. The summed E-state index contributed by atoms with van der Waals surface area (Å²) in [6, 6.07) is 12.9. The molecule has 0 saturated carbocycles. The lowest BCUT2D eigenvalue weighted by Crippen LogP contribution is -2.30. The summed E-state index contributed by atoms with van der Waals surface area (Å²) >= 11 is 0. The highest BCUT2D eigenvalue weighted by Gasteiger charge is 2.19. The second-order valence-corrected chi connectivity index (χ2v) is 9.46. The van der Waals surface area contributed by atoms with Gasteiger partial charge in [-0.1, -0.05) is 12.1 Å². The highest BCUT2D eigenvalue weighted by Crippen LogP contribution is 2.16. The minimum atomic E-state index is -3.54. The third-order valence-electron chi connectivity index (χ3n) is 4.80. The lowest BCUT2D eigenvalue weighted by molar-refractivity contribution is -0.111. The Balaban J connectivity index is 1.57. The van der Waals surface area contributed by atoms with E-state index in [0.29, 0.717) is 16.8 Å². The van der Waals surface area contributed by atoms with Crippen molar-refractivity contribution in [2.45, 2.75) is 37.6 Å². The number of nitrogens with zero attached hydrogens (tertiary/aromatic N) is 1. The van der Waals surface area contributed by atoms with E-state index in [-0.39, 0.29) is 22.8 Å². The van der Waals surface area contributed by atoms with Gasteiger partial charge in [0.1, 0.15) is 0 Å². The summed E-state index contributed by atoms with van der Waals surface area (Å²) in [4.78, 5) is 26.6. The number of carbonyl (C=O) groups is 2. The molecule has 0 aromatic heterocycles. The lowest BCUT2D eigenvalue weighted by Gasteiger charge is -2.15. The van der Waals surface area contributed by atoms with Gasteiger partial charge in [0.2, 0.25) is 15.9 Å². The molecule has 0 unspecified atom stereocenters. The van der Waals surface area contributed by atoms with Crippen LogP contribution < -0.4 is 10.0 Å². The van der Waals surface area contributed by atoms with Crippen LogP contribution in [0.25, 0.3) is 6.08 Å². The molecule has 0 atom stereocenters. The number of amides is 2. The summed E-state index contributed by atoms with van der Waals surface area (Å²) in [5.41, 5.74) is 1.90. The average Bonchev–Trinajstić information content (AvgIpc) is 3.27. The summed E-state index contributed by atoms with van der Waals surface area (Å²) < 4.78 is 26.8. The molecule has 2 N–H and O–H groups in total. The number of likely N-dealkylation sites (tertiary alicyclic amines) is 1. The van der Waals surface area contributed by atoms with Gasteiger partial charge in [0.05, 0.1) is 4.90 Å². The monoisotopic (exact) mass is 441 g/mol. The number of carbonyl (C=O) groups excluding carboxylic acids is 2. The van der Waals surface area contributed by atoms with Crippen LogP contribution in [0.4, 0.5) is 5.69 Å². The van der Waals surface area contributed by atoms with Gasteiger partial charge < -0.3 is 10.2 Å². The topological polar surface area (TPSA) is 95.6 Å². The molecule has 0 radical (unpaired) electrons. The van der Waals surface area contributed by atoms with Gasteiger partial charge in [-0.2, -0.15) is 0 Å². The molecule has 1 aliphatic rings. The van der Waals surface area contributed by atoms with Gasteiger partial charge in [-0.25, -0.2) is 13.1 Å². The van der Waals surface area contributed by atoms with Crippen molar-refractivity contribution in [1.29, 1.82) is 0 Å². The highest BCUT2D eigenvalue weighted by molar-refractivity contribution is 7.89. The van der Waals surface area contributed by atoms with Crippen molar-refractivity contribution in [2.75, 3.05) is 18.4 Å². The Morgan fingerprint density at radius 3 is 2.16 bits per heavy atom. The molecule has 1 heterocycles. The second-order valence-electron chi connectivity index (χ2n) is 7.74. The van der Waals surface area contributed by atoms with E-state index < -0.39 is 10.0 Å². The van der Waals surface area contributed by atoms with E-state index in [9.17, 15) is 18.0 Å². The largest absolute Gasteiger partial charge is 0.339 e. The van der Waals surface area contributed by atoms with Gasteiger partial charge in [0.15, 0.2) is 0 Å². The first kappa shape index (κ1) is 22.7. The molecule has 3 rings (SSSR count). The quantitative estimate of drug-likeness (QED) is 0.645. The Labute approximate surface area is 183 Å². The van der Waals surface area contributed by atoms with Crippen LogP contribution in [-0.4, -0.2) is 44.3 Å². The van der Waals surface area contributed by atoms with Gasteiger partial charge in [-0.3, -0.25) is 9.59 Å². The Morgan fingerprint density at radius 1 is 0.968 bits per heavy atom. The Kier molecular flexibility index (Phi) is 7.25. The minimum absolute atomic E-state index is 0.0179. The van der Waals surface area contributed by atoms with Gasteiger partial charge in [-0.15, -0.1) is 0 Å². The van der Waals surface area contributed by atoms with E-state index >= 15 is 0 Å². The van der Waals surface area contributed by atoms with E-state index in [0.717, 1.165) is 25.9 Å². The van der Waals surface area contributed by atoms with Crippen LogP contribution in [0, 0.1) is 0 Å². The molecule has 0 bridgehead atoms. The smallest absolute Gasteiger partial charge is 0.253 e.